The maximum atomic E-state index is 12.6. The molecule has 0 aliphatic heterocycles. The zero-order valence-corrected chi connectivity index (χ0v) is 19.4. The summed E-state index contributed by atoms with van der Waals surface area (Å²) in [4.78, 5) is 16.7. The lowest BCUT2D eigenvalue weighted by Crippen LogP contribution is -2.15. The molecule has 8 heteroatoms. The van der Waals surface area contributed by atoms with Gasteiger partial charge in [-0.1, -0.05) is 35.5 Å². The first-order valence-corrected chi connectivity index (χ1v) is 11.4. The van der Waals surface area contributed by atoms with Crippen LogP contribution in [-0.2, 0) is 4.79 Å². The van der Waals surface area contributed by atoms with E-state index in [1.165, 1.54) is 17.3 Å². The Kier molecular flexibility index (Phi) is 6.48. The van der Waals surface area contributed by atoms with E-state index in [2.05, 4.69) is 36.4 Å². The molecule has 0 atom stereocenters. The number of amides is 1. The molecule has 156 valence electrons. The molecule has 0 unspecified atom stereocenters. The van der Waals surface area contributed by atoms with Crippen LogP contribution in [0, 0.1) is 13.8 Å². The van der Waals surface area contributed by atoms with Crippen LogP contribution in [0.2, 0.25) is 0 Å². The Bertz CT molecular complexity index is 1210. The fourth-order valence-electron chi connectivity index (χ4n) is 3.02. The highest BCUT2D eigenvalue weighted by molar-refractivity contribution is 9.10. The number of thioether (sulfide) groups is 1. The molecule has 0 radical (unpaired) electrons. The lowest BCUT2D eigenvalue weighted by Gasteiger charge is -2.11. The number of aryl methyl sites for hydroxylation is 2. The van der Waals surface area contributed by atoms with Gasteiger partial charge in [0.1, 0.15) is 0 Å². The van der Waals surface area contributed by atoms with Crippen LogP contribution in [0.5, 0.6) is 0 Å². The summed E-state index contributed by atoms with van der Waals surface area (Å²) in [5, 5.41) is 12.3. The molecular formula is C23H20BrN5OS. The fourth-order valence-corrected chi connectivity index (χ4v) is 4.36. The number of halogens is 1. The van der Waals surface area contributed by atoms with Crippen LogP contribution in [0.3, 0.4) is 0 Å². The van der Waals surface area contributed by atoms with E-state index in [1.54, 1.807) is 12.4 Å². The van der Waals surface area contributed by atoms with Crippen LogP contribution in [0.25, 0.3) is 17.1 Å². The van der Waals surface area contributed by atoms with Crippen molar-refractivity contribution in [1.82, 2.24) is 19.7 Å². The number of pyridine rings is 1. The second-order valence-electron chi connectivity index (χ2n) is 7.03. The van der Waals surface area contributed by atoms with Crippen molar-refractivity contribution in [3.05, 3.63) is 82.6 Å². The van der Waals surface area contributed by atoms with Gasteiger partial charge in [0.25, 0.3) is 0 Å². The van der Waals surface area contributed by atoms with Gasteiger partial charge in [0.2, 0.25) is 5.91 Å². The predicted octanol–water partition coefficient (Wildman–Crippen LogP) is 5.44. The van der Waals surface area contributed by atoms with Gasteiger partial charge >= 0.3 is 0 Å². The lowest BCUT2D eigenvalue weighted by atomic mass is 10.2. The molecule has 31 heavy (non-hydrogen) atoms. The highest BCUT2D eigenvalue weighted by atomic mass is 79.9. The van der Waals surface area contributed by atoms with Gasteiger partial charge in [-0.2, -0.15) is 0 Å². The Labute approximate surface area is 193 Å². The van der Waals surface area contributed by atoms with Crippen LogP contribution in [0.15, 0.2) is 76.6 Å². The number of nitrogens with zero attached hydrogens (tertiary/aromatic N) is 4. The van der Waals surface area contributed by atoms with E-state index in [-0.39, 0.29) is 11.7 Å². The SMILES string of the molecule is Cc1ccc(-n2c(SCC(=O)Nc3ccc(C)cc3Br)nnc2-c2ccncc2)cc1. The van der Waals surface area contributed by atoms with Crippen molar-refractivity contribution in [3.63, 3.8) is 0 Å². The number of carbonyl (C=O) groups is 1. The van der Waals surface area contributed by atoms with E-state index in [1.807, 2.05) is 73.0 Å². The molecule has 1 amide bonds. The maximum absolute atomic E-state index is 12.6. The first-order chi connectivity index (χ1) is 15.0. The number of benzene rings is 2. The molecule has 4 rings (SSSR count). The summed E-state index contributed by atoms with van der Waals surface area (Å²) in [7, 11) is 0. The number of nitrogens with one attached hydrogen (secondary N) is 1. The highest BCUT2D eigenvalue weighted by Crippen LogP contribution is 2.28. The van der Waals surface area contributed by atoms with Crippen LogP contribution >= 0.6 is 27.7 Å². The zero-order chi connectivity index (χ0) is 21.8. The molecule has 6 nitrogen and oxygen atoms in total. The number of hydrogen-bond acceptors (Lipinski definition) is 5. The Morgan fingerprint density at radius 2 is 1.71 bits per heavy atom. The predicted molar refractivity (Wildman–Crippen MR) is 128 cm³/mol. The average Bonchev–Trinajstić information content (AvgIpc) is 3.19. The van der Waals surface area contributed by atoms with Crippen molar-refractivity contribution in [3.8, 4) is 17.1 Å². The van der Waals surface area contributed by atoms with Crippen LogP contribution in [0.4, 0.5) is 5.69 Å². The largest absolute Gasteiger partial charge is 0.324 e. The highest BCUT2D eigenvalue weighted by Gasteiger charge is 2.17. The summed E-state index contributed by atoms with van der Waals surface area (Å²) < 4.78 is 2.82. The van der Waals surface area contributed by atoms with Gasteiger partial charge in [0.15, 0.2) is 11.0 Å². The summed E-state index contributed by atoms with van der Waals surface area (Å²) in [6.07, 6.45) is 3.45. The van der Waals surface area contributed by atoms with Crippen molar-refractivity contribution in [2.24, 2.45) is 0 Å². The fraction of sp³-hybridized carbons (Fsp3) is 0.130. The number of aromatic nitrogens is 4. The number of carbonyl (C=O) groups excluding carboxylic acids is 1. The van der Waals surface area contributed by atoms with E-state index in [4.69, 9.17) is 0 Å². The average molecular weight is 494 g/mol. The third kappa shape index (κ3) is 5.03. The minimum atomic E-state index is -0.113. The third-order valence-corrected chi connectivity index (χ3v) is 6.18. The van der Waals surface area contributed by atoms with Gasteiger partial charge in [-0.05, 0) is 71.7 Å². The van der Waals surface area contributed by atoms with E-state index in [9.17, 15) is 4.79 Å². The van der Waals surface area contributed by atoms with Gasteiger partial charge in [-0.25, -0.2) is 0 Å². The first-order valence-electron chi connectivity index (χ1n) is 9.63. The standard InChI is InChI=1S/C23H20BrN5OS/c1-15-3-6-18(7-4-15)29-22(17-9-11-25-12-10-17)27-28-23(29)31-14-21(30)26-20-8-5-16(2)13-19(20)24/h3-13H,14H2,1-2H3,(H,26,30). The smallest absolute Gasteiger partial charge is 0.234 e. The second kappa shape index (κ2) is 9.45. The number of anilines is 1. The van der Waals surface area contributed by atoms with Crippen LogP contribution in [0.1, 0.15) is 11.1 Å². The minimum absolute atomic E-state index is 0.113. The Morgan fingerprint density at radius 3 is 2.42 bits per heavy atom. The zero-order valence-electron chi connectivity index (χ0n) is 17.0. The summed E-state index contributed by atoms with van der Waals surface area (Å²) in [6.45, 7) is 4.05. The summed E-state index contributed by atoms with van der Waals surface area (Å²) in [5.41, 5.74) is 4.87. The third-order valence-electron chi connectivity index (χ3n) is 4.60. The molecule has 0 saturated carbocycles. The molecule has 2 heterocycles. The summed E-state index contributed by atoms with van der Waals surface area (Å²) in [5.74, 6) is 0.801. The number of rotatable bonds is 6. The Morgan fingerprint density at radius 1 is 1.00 bits per heavy atom. The maximum Gasteiger partial charge on any atom is 0.234 e. The molecule has 2 aromatic carbocycles. The molecule has 0 aliphatic carbocycles. The van der Waals surface area contributed by atoms with Crippen molar-refractivity contribution in [2.45, 2.75) is 19.0 Å². The van der Waals surface area contributed by atoms with E-state index in [0.717, 1.165) is 27.0 Å². The molecule has 2 aromatic heterocycles. The minimum Gasteiger partial charge on any atom is -0.324 e. The molecular weight excluding hydrogens is 474 g/mol. The Hall–Kier alpha value is -2.97. The van der Waals surface area contributed by atoms with Crippen LogP contribution in [-0.4, -0.2) is 31.4 Å². The lowest BCUT2D eigenvalue weighted by molar-refractivity contribution is -0.113. The van der Waals surface area contributed by atoms with E-state index in [0.29, 0.717) is 11.0 Å². The number of hydrogen-bond donors (Lipinski definition) is 1. The molecule has 1 N–H and O–H groups in total. The monoisotopic (exact) mass is 493 g/mol. The summed E-state index contributed by atoms with van der Waals surface area (Å²) >= 11 is 4.84. The molecule has 0 spiro atoms. The van der Waals surface area contributed by atoms with Gasteiger partial charge in [-0.15, -0.1) is 10.2 Å². The Balaban J connectivity index is 1.58. The molecule has 4 aromatic rings. The van der Waals surface area contributed by atoms with Crippen molar-refractivity contribution < 1.29 is 4.79 Å². The van der Waals surface area contributed by atoms with Crippen molar-refractivity contribution in [1.29, 1.82) is 0 Å². The van der Waals surface area contributed by atoms with E-state index < -0.39 is 0 Å². The molecule has 0 saturated heterocycles. The summed E-state index contributed by atoms with van der Waals surface area (Å²) in [6, 6.07) is 17.7. The van der Waals surface area contributed by atoms with Gasteiger partial charge < -0.3 is 5.32 Å². The topological polar surface area (TPSA) is 72.7 Å². The van der Waals surface area contributed by atoms with Crippen molar-refractivity contribution >= 4 is 39.3 Å². The molecule has 0 bridgehead atoms. The van der Waals surface area contributed by atoms with E-state index >= 15 is 0 Å². The van der Waals surface area contributed by atoms with Crippen molar-refractivity contribution in [2.75, 3.05) is 11.1 Å². The van der Waals surface area contributed by atoms with Crippen LogP contribution < -0.4 is 5.32 Å². The quantitative estimate of drug-likeness (QED) is 0.362. The second-order valence-corrected chi connectivity index (χ2v) is 8.83. The van der Waals surface area contributed by atoms with Gasteiger partial charge in [0, 0.05) is 28.1 Å². The van der Waals surface area contributed by atoms with Gasteiger partial charge in [0.05, 0.1) is 11.4 Å². The molecule has 0 fully saturated rings. The first kappa shape index (κ1) is 21.3. The van der Waals surface area contributed by atoms with Gasteiger partial charge in [-0.3, -0.25) is 14.3 Å². The normalized spacial score (nSPS) is 10.8. The molecule has 0 aliphatic rings.